The summed E-state index contributed by atoms with van der Waals surface area (Å²) < 4.78 is 63.7. The van der Waals surface area contributed by atoms with Gasteiger partial charge in [-0.25, -0.2) is 9.18 Å². The zero-order valence-electron chi connectivity index (χ0n) is 16.2. The van der Waals surface area contributed by atoms with Crippen LogP contribution >= 0.6 is 15.9 Å². The first kappa shape index (κ1) is 21.7. The molecule has 0 unspecified atom stereocenters. The van der Waals surface area contributed by atoms with Crippen LogP contribution in [-0.2, 0) is 10.9 Å². The molecule has 2 aromatic rings. The summed E-state index contributed by atoms with van der Waals surface area (Å²) in [5, 5.41) is 0. The summed E-state index contributed by atoms with van der Waals surface area (Å²) in [5.41, 5.74) is -2.27. The molecule has 0 bridgehead atoms. The third kappa shape index (κ3) is 4.44. The molecule has 29 heavy (non-hydrogen) atoms. The van der Waals surface area contributed by atoms with Crippen molar-refractivity contribution in [2.24, 2.45) is 0 Å². The monoisotopic (exact) mass is 481 g/mol. The van der Waals surface area contributed by atoms with Crippen molar-refractivity contribution in [2.75, 3.05) is 24.5 Å². The fourth-order valence-electron chi connectivity index (χ4n) is 3.10. The Morgan fingerprint density at radius 2 is 1.97 bits per heavy atom. The highest BCUT2D eigenvalue weighted by Gasteiger charge is 2.39. The molecule has 0 N–H and O–H groups in total. The molecule has 1 fully saturated rings. The van der Waals surface area contributed by atoms with Crippen molar-refractivity contribution in [3.05, 3.63) is 21.9 Å². The van der Waals surface area contributed by atoms with Crippen LogP contribution in [0.25, 0.3) is 11.1 Å². The van der Waals surface area contributed by atoms with Gasteiger partial charge in [0.2, 0.25) is 0 Å². The number of fused-ring (bicyclic) bond motifs is 1. The lowest BCUT2D eigenvalue weighted by atomic mass is 10.2. The zero-order chi connectivity index (χ0) is 21.7. The Kier molecular flexibility index (Phi) is 5.48. The second-order valence-electron chi connectivity index (χ2n) is 7.86. The molecule has 6 nitrogen and oxygen atoms in total. The number of aromatic nitrogens is 1. The van der Waals surface area contributed by atoms with Gasteiger partial charge in [0.1, 0.15) is 22.5 Å². The number of amides is 1. The molecule has 1 aromatic heterocycles. The van der Waals surface area contributed by atoms with Gasteiger partial charge in [-0.1, -0.05) is 0 Å². The second-order valence-corrected chi connectivity index (χ2v) is 8.65. The normalized spacial score (nSPS) is 18.4. The fourth-order valence-corrected chi connectivity index (χ4v) is 3.80. The minimum atomic E-state index is -4.88. The van der Waals surface area contributed by atoms with E-state index >= 15 is 0 Å². The van der Waals surface area contributed by atoms with Gasteiger partial charge in [-0.05, 0) is 43.6 Å². The van der Waals surface area contributed by atoms with E-state index in [-0.39, 0.29) is 23.2 Å². The van der Waals surface area contributed by atoms with Crippen LogP contribution in [0.4, 0.5) is 28.4 Å². The zero-order valence-corrected chi connectivity index (χ0v) is 17.8. The Hall–Kier alpha value is -2.04. The molecular formula is C18H20BrF4N3O3. The second kappa shape index (κ2) is 7.33. The molecule has 0 spiro atoms. The third-order valence-electron chi connectivity index (χ3n) is 4.37. The van der Waals surface area contributed by atoms with Crippen LogP contribution in [0, 0.1) is 5.82 Å². The summed E-state index contributed by atoms with van der Waals surface area (Å²) in [6.07, 6.45) is -5.32. The number of anilines is 1. The van der Waals surface area contributed by atoms with Crippen LogP contribution < -0.4 is 4.90 Å². The van der Waals surface area contributed by atoms with Gasteiger partial charge in [0.25, 0.3) is 6.01 Å². The van der Waals surface area contributed by atoms with E-state index in [4.69, 9.17) is 9.15 Å². The summed E-state index contributed by atoms with van der Waals surface area (Å²) in [5.74, 6) is -1.43. The summed E-state index contributed by atoms with van der Waals surface area (Å²) in [7, 11) is 0. The molecule has 3 rings (SSSR count). The maximum Gasteiger partial charge on any atom is 0.420 e. The molecule has 1 aliphatic heterocycles. The number of piperazine rings is 1. The molecule has 2 heterocycles. The first-order valence-corrected chi connectivity index (χ1v) is 9.67. The summed E-state index contributed by atoms with van der Waals surface area (Å²) in [6.45, 7) is 8.11. The van der Waals surface area contributed by atoms with Crippen LogP contribution in [0.1, 0.15) is 33.3 Å². The third-order valence-corrected chi connectivity index (χ3v) is 5.13. The van der Waals surface area contributed by atoms with E-state index in [9.17, 15) is 22.4 Å². The molecular weight excluding hydrogens is 462 g/mol. The van der Waals surface area contributed by atoms with Crippen molar-refractivity contribution in [1.82, 2.24) is 9.88 Å². The quantitative estimate of drug-likeness (QED) is 0.524. The molecule has 1 atom stereocenters. The largest absolute Gasteiger partial charge is 0.444 e. The van der Waals surface area contributed by atoms with Gasteiger partial charge in [0.15, 0.2) is 5.58 Å². The summed E-state index contributed by atoms with van der Waals surface area (Å²) in [6, 6.07) is 0.531. The van der Waals surface area contributed by atoms with Crippen LogP contribution in [0.2, 0.25) is 0 Å². The van der Waals surface area contributed by atoms with Crippen LogP contribution in [-0.4, -0.2) is 47.3 Å². The van der Waals surface area contributed by atoms with E-state index in [0.29, 0.717) is 25.7 Å². The maximum atomic E-state index is 14.0. The van der Waals surface area contributed by atoms with E-state index in [1.807, 2.05) is 6.92 Å². The number of nitrogens with zero attached hydrogens (tertiary/aromatic N) is 3. The molecule has 0 saturated carbocycles. The van der Waals surface area contributed by atoms with Gasteiger partial charge in [-0.15, -0.1) is 0 Å². The predicted molar refractivity (Wildman–Crippen MR) is 101 cm³/mol. The van der Waals surface area contributed by atoms with E-state index < -0.39 is 33.7 Å². The Morgan fingerprint density at radius 1 is 1.31 bits per heavy atom. The van der Waals surface area contributed by atoms with E-state index in [1.165, 1.54) is 0 Å². The molecule has 1 saturated heterocycles. The van der Waals surface area contributed by atoms with Gasteiger partial charge in [-0.3, -0.25) is 0 Å². The van der Waals surface area contributed by atoms with Crippen molar-refractivity contribution in [3.63, 3.8) is 0 Å². The Morgan fingerprint density at radius 3 is 2.52 bits per heavy atom. The number of alkyl halides is 3. The van der Waals surface area contributed by atoms with Crippen molar-refractivity contribution in [3.8, 4) is 0 Å². The van der Waals surface area contributed by atoms with Crippen molar-refractivity contribution < 1.29 is 31.5 Å². The number of hydrogen-bond donors (Lipinski definition) is 0. The first-order chi connectivity index (χ1) is 13.3. The molecule has 0 aliphatic carbocycles. The van der Waals surface area contributed by atoms with Crippen LogP contribution in [0.5, 0.6) is 0 Å². The summed E-state index contributed by atoms with van der Waals surface area (Å²) >= 11 is 2.80. The van der Waals surface area contributed by atoms with Gasteiger partial charge < -0.3 is 19.0 Å². The maximum absolute atomic E-state index is 14.0. The molecule has 1 amide bonds. The molecule has 1 aromatic carbocycles. The lowest BCUT2D eigenvalue weighted by Gasteiger charge is -2.39. The lowest BCUT2D eigenvalue weighted by Crippen LogP contribution is -2.54. The van der Waals surface area contributed by atoms with Crippen LogP contribution in [0.15, 0.2) is 15.0 Å². The predicted octanol–water partition coefficient (Wildman–Crippen LogP) is 5.19. The number of carbonyl (C=O) groups is 1. The number of hydrogen-bond acceptors (Lipinski definition) is 5. The first-order valence-electron chi connectivity index (χ1n) is 8.88. The average molecular weight is 482 g/mol. The molecule has 1 aliphatic rings. The summed E-state index contributed by atoms with van der Waals surface area (Å²) in [4.78, 5) is 19.7. The molecule has 160 valence electrons. The number of carbonyl (C=O) groups excluding carboxylic acids is 1. The van der Waals surface area contributed by atoms with Gasteiger partial charge in [0.05, 0.1) is 4.47 Å². The lowest BCUT2D eigenvalue weighted by molar-refractivity contribution is -0.140. The van der Waals surface area contributed by atoms with Crippen molar-refractivity contribution >= 4 is 39.1 Å². The van der Waals surface area contributed by atoms with Gasteiger partial charge in [0, 0.05) is 31.7 Å². The number of oxazole rings is 1. The standard InChI is InChI=1S/C18H20BrF4N3O3/c1-9-8-25(16(27)29-17(2,3)4)5-6-26(9)15-24-11-7-10(20)12(18(21,22)23)13(19)14(11)28-15/h7,9H,5-6,8H2,1-4H3/t9-/m0/s1. The van der Waals surface area contributed by atoms with E-state index in [1.54, 1.807) is 30.6 Å². The minimum Gasteiger partial charge on any atom is -0.444 e. The smallest absolute Gasteiger partial charge is 0.420 e. The topological polar surface area (TPSA) is 58.8 Å². The highest BCUT2D eigenvalue weighted by Crippen LogP contribution is 2.41. The van der Waals surface area contributed by atoms with Gasteiger partial charge in [-0.2, -0.15) is 18.2 Å². The van der Waals surface area contributed by atoms with E-state index in [0.717, 1.165) is 0 Å². The molecule has 11 heteroatoms. The van der Waals surface area contributed by atoms with E-state index in [2.05, 4.69) is 20.9 Å². The average Bonchev–Trinajstić information content (AvgIpc) is 2.95. The Bertz CT molecular complexity index is 939. The Labute approximate surface area is 172 Å². The van der Waals surface area contributed by atoms with Crippen molar-refractivity contribution in [1.29, 1.82) is 0 Å². The highest BCUT2D eigenvalue weighted by atomic mass is 79.9. The Balaban J connectivity index is 1.85. The SMILES string of the molecule is C[C@H]1CN(C(=O)OC(C)(C)C)CCN1c1nc2cc(F)c(C(F)(F)F)c(Br)c2o1. The number of ether oxygens (including phenoxy) is 1. The fraction of sp³-hybridized carbons (Fsp3) is 0.556. The highest BCUT2D eigenvalue weighted by molar-refractivity contribution is 9.10. The van der Waals surface area contributed by atoms with Crippen molar-refractivity contribution in [2.45, 2.75) is 45.5 Å². The number of halogens is 5. The molecule has 0 radical (unpaired) electrons. The van der Waals surface area contributed by atoms with Gasteiger partial charge >= 0.3 is 12.3 Å². The number of benzene rings is 1. The number of rotatable bonds is 1. The minimum absolute atomic E-state index is 0.0286. The van der Waals surface area contributed by atoms with Crippen LogP contribution in [0.3, 0.4) is 0 Å².